The van der Waals surface area contributed by atoms with E-state index in [0.29, 0.717) is 17.3 Å². The van der Waals surface area contributed by atoms with Gasteiger partial charge in [-0.2, -0.15) is 0 Å². The molecule has 30 heavy (non-hydrogen) atoms. The third kappa shape index (κ3) is 3.46. The summed E-state index contributed by atoms with van der Waals surface area (Å²) in [7, 11) is 0. The third-order valence-corrected chi connectivity index (χ3v) is 5.63. The normalized spacial score (nSPS) is 19.1. The van der Waals surface area contributed by atoms with Crippen LogP contribution in [0.3, 0.4) is 0 Å². The number of carbonyl (C=O) groups excluding carboxylic acids is 1. The number of carbonyl (C=O) groups is 1. The highest BCUT2D eigenvalue weighted by atomic mass is 16.3. The first-order valence-corrected chi connectivity index (χ1v) is 10.1. The molecule has 3 aromatic heterocycles. The number of aliphatic hydroxyl groups is 1. The van der Waals surface area contributed by atoms with Gasteiger partial charge in [0.1, 0.15) is 12.1 Å². The summed E-state index contributed by atoms with van der Waals surface area (Å²) in [6.07, 6.45) is 9.66. The van der Waals surface area contributed by atoms with Crippen LogP contribution in [0.2, 0.25) is 0 Å². The molecule has 1 saturated carbocycles. The lowest BCUT2D eigenvalue weighted by Gasteiger charge is -2.28. The molecule has 4 aromatic rings. The molecule has 8 nitrogen and oxygen atoms in total. The molecule has 0 spiro atoms. The van der Waals surface area contributed by atoms with E-state index in [4.69, 9.17) is 0 Å². The average Bonchev–Trinajstić information content (AvgIpc) is 3.43. The van der Waals surface area contributed by atoms with Crippen molar-refractivity contribution in [3.8, 4) is 5.82 Å². The largest absolute Gasteiger partial charge is 0.393 e. The Morgan fingerprint density at radius 2 is 1.93 bits per heavy atom. The fourth-order valence-electron chi connectivity index (χ4n) is 4.09. The number of aromatic nitrogens is 5. The maximum atomic E-state index is 13.0. The summed E-state index contributed by atoms with van der Waals surface area (Å²) >= 11 is 0. The predicted octanol–water partition coefficient (Wildman–Crippen LogP) is 3.35. The van der Waals surface area contributed by atoms with Crippen molar-refractivity contribution >= 4 is 22.9 Å². The second kappa shape index (κ2) is 7.72. The van der Waals surface area contributed by atoms with Gasteiger partial charge in [0.25, 0.3) is 5.91 Å². The first kappa shape index (κ1) is 18.5. The Morgan fingerprint density at radius 3 is 2.73 bits per heavy atom. The van der Waals surface area contributed by atoms with E-state index < -0.39 is 0 Å². The zero-order valence-corrected chi connectivity index (χ0v) is 16.3. The molecule has 0 saturated heterocycles. The molecule has 0 atom stereocenters. The smallest absolute Gasteiger partial charge is 0.258 e. The summed E-state index contributed by atoms with van der Waals surface area (Å²) in [5.74, 6) is 0.907. The van der Waals surface area contributed by atoms with Crippen molar-refractivity contribution in [1.29, 1.82) is 0 Å². The van der Waals surface area contributed by atoms with Crippen LogP contribution in [-0.2, 0) is 0 Å². The number of fused-ring (bicyclic) bond motifs is 1. The standard InChI is InChI=1S/C22H22N6O2/c29-17-7-5-16(6-8-17)28-19-4-2-1-3-18(19)25-22(28)26-21(30)15-9-10-24-20(13-15)27-12-11-23-14-27/h1-4,9-14,16-17,29H,5-8H2,(H,25,26,30). The van der Waals surface area contributed by atoms with Gasteiger partial charge in [0.15, 0.2) is 0 Å². The van der Waals surface area contributed by atoms with E-state index >= 15 is 0 Å². The van der Waals surface area contributed by atoms with Crippen LogP contribution in [-0.4, -0.2) is 41.2 Å². The first-order valence-electron chi connectivity index (χ1n) is 10.1. The van der Waals surface area contributed by atoms with Crippen molar-refractivity contribution in [3.05, 3.63) is 66.9 Å². The van der Waals surface area contributed by atoms with E-state index in [1.54, 1.807) is 41.6 Å². The van der Waals surface area contributed by atoms with Crippen LogP contribution in [0.4, 0.5) is 5.95 Å². The lowest BCUT2D eigenvalue weighted by molar-refractivity contribution is 0.102. The average molecular weight is 402 g/mol. The zero-order chi connectivity index (χ0) is 20.5. The molecule has 1 aliphatic rings. The minimum Gasteiger partial charge on any atom is -0.393 e. The molecule has 1 fully saturated rings. The number of pyridine rings is 1. The van der Waals surface area contributed by atoms with E-state index in [1.165, 1.54) is 0 Å². The molecule has 0 aliphatic heterocycles. The summed E-state index contributed by atoms with van der Waals surface area (Å²) in [5.41, 5.74) is 2.32. The van der Waals surface area contributed by atoms with Crippen molar-refractivity contribution in [2.75, 3.05) is 5.32 Å². The number of imidazole rings is 2. The molecular weight excluding hydrogens is 380 g/mol. The van der Waals surface area contributed by atoms with E-state index in [0.717, 1.165) is 36.7 Å². The van der Waals surface area contributed by atoms with Crippen LogP contribution in [0.15, 0.2) is 61.3 Å². The number of benzene rings is 1. The highest BCUT2D eigenvalue weighted by Crippen LogP contribution is 2.34. The number of para-hydroxylation sites is 2. The van der Waals surface area contributed by atoms with E-state index in [-0.39, 0.29) is 18.1 Å². The monoisotopic (exact) mass is 402 g/mol. The van der Waals surface area contributed by atoms with Gasteiger partial charge in [-0.1, -0.05) is 12.1 Å². The van der Waals surface area contributed by atoms with Gasteiger partial charge in [-0.25, -0.2) is 15.0 Å². The Labute approximate surface area is 173 Å². The summed E-state index contributed by atoms with van der Waals surface area (Å²) in [6, 6.07) is 11.5. The van der Waals surface area contributed by atoms with Crippen molar-refractivity contribution in [2.24, 2.45) is 0 Å². The number of anilines is 1. The Balaban J connectivity index is 1.47. The second-order valence-corrected chi connectivity index (χ2v) is 7.58. The first-order chi connectivity index (χ1) is 14.7. The molecule has 0 unspecified atom stereocenters. The number of rotatable bonds is 4. The number of aliphatic hydroxyl groups excluding tert-OH is 1. The van der Waals surface area contributed by atoms with Gasteiger partial charge < -0.3 is 9.67 Å². The second-order valence-electron chi connectivity index (χ2n) is 7.58. The van der Waals surface area contributed by atoms with Gasteiger partial charge in [0.05, 0.1) is 17.1 Å². The van der Waals surface area contributed by atoms with Gasteiger partial charge in [-0.3, -0.25) is 14.7 Å². The maximum absolute atomic E-state index is 13.0. The fraction of sp³-hybridized carbons (Fsp3) is 0.273. The molecular formula is C22H22N6O2. The van der Waals surface area contributed by atoms with Crippen molar-refractivity contribution in [3.63, 3.8) is 0 Å². The van der Waals surface area contributed by atoms with E-state index in [1.807, 2.05) is 24.3 Å². The molecule has 1 aliphatic carbocycles. The molecule has 8 heteroatoms. The lowest BCUT2D eigenvalue weighted by Crippen LogP contribution is -2.23. The Hall–Kier alpha value is -3.52. The van der Waals surface area contributed by atoms with Crippen LogP contribution < -0.4 is 5.32 Å². The predicted molar refractivity (Wildman–Crippen MR) is 113 cm³/mol. The molecule has 1 aromatic carbocycles. The fourth-order valence-corrected chi connectivity index (χ4v) is 4.09. The Bertz CT molecular complexity index is 1180. The molecule has 3 heterocycles. The molecule has 0 radical (unpaired) electrons. The van der Waals surface area contributed by atoms with Gasteiger partial charge in [-0.15, -0.1) is 0 Å². The van der Waals surface area contributed by atoms with Crippen molar-refractivity contribution < 1.29 is 9.90 Å². The van der Waals surface area contributed by atoms with Crippen LogP contribution in [0.1, 0.15) is 42.1 Å². The van der Waals surface area contributed by atoms with Crippen LogP contribution in [0.25, 0.3) is 16.9 Å². The summed E-state index contributed by atoms with van der Waals surface area (Å²) in [4.78, 5) is 26.1. The number of nitrogens with zero attached hydrogens (tertiary/aromatic N) is 5. The Morgan fingerprint density at radius 1 is 1.10 bits per heavy atom. The van der Waals surface area contributed by atoms with Gasteiger partial charge in [-0.05, 0) is 49.9 Å². The van der Waals surface area contributed by atoms with Gasteiger partial charge in [0.2, 0.25) is 5.95 Å². The molecule has 0 bridgehead atoms. The van der Waals surface area contributed by atoms with Gasteiger partial charge in [0, 0.05) is 30.2 Å². The molecule has 5 rings (SSSR count). The third-order valence-electron chi connectivity index (χ3n) is 5.63. The molecule has 2 N–H and O–H groups in total. The maximum Gasteiger partial charge on any atom is 0.258 e. The number of amides is 1. The molecule has 1 amide bonds. The minimum absolute atomic E-state index is 0.190. The lowest BCUT2D eigenvalue weighted by atomic mass is 9.93. The van der Waals surface area contributed by atoms with Crippen LogP contribution in [0, 0.1) is 0 Å². The van der Waals surface area contributed by atoms with Crippen LogP contribution >= 0.6 is 0 Å². The zero-order valence-electron chi connectivity index (χ0n) is 16.3. The van der Waals surface area contributed by atoms with Crippen molar-refractivity contribution in [1.82, 2.24) is 24.1 Å². The van der Waals surface area contributed by atoms with Gasteiger partial charge >= 0.3 is 0 Å². The minimum atomic E-state index is -0.244. The highest BCUT2D eigenvalue weighted by molar-refractivity contribution is 6.04. The summed E-state index contributed by atoms with van der Waals surface area (Å²) < 4.78 is 3.86. The quantitative estimate of drug-likeness (QED) is 0.546. The number of hydrogen-bond acceptors (Lipinski definition) is 5. The topological polar surface area (TPSA) is 97.9 Å². The highest BCUT2D eigenvalue weighted by Gasteiger charge is 2.25. The van der Waals surface area contributed by atoms with Crippen LogP contribution in [0.5, 0.6) is 0 Å². The summed E-state index contributed by atoms with van der Waals surface area (Å²) in [6.45, 7) is 0. The summed E-state index contributed by atoms with van der Waals surface area (Å²) in [5, 5.41) is 12.9. The Kier molecular flexibility index (Phi) is 4.76. The van der Waals surface area contributed by atoms with E-state index in [9.17, 15) is 9.90 Å². The SMILES string of the molecule is O=C(Nc1nc2ccccc2n1C1CCC(O)CC1)c1ccnc(-n2ccnc2)c1. The molecule has 152 valence electrons. The van der Waals surface area contributed by atoms with Crippen molar-refractivity contribution in [2.45, 2.75) is 37.8 Å². The van der Waals surface area contributed by atoms with E-state index in [2.05, 4.69) is 24.8 Å². The number of hydrogen-bond donors (Lipinski definition) is 2. The number of nitrogens with one attached hydrogen (secondary N) is 1.